The first-order valence-electron chi connectivity index (χ1n) is 8.27. The van der Waals surface area contributed by atoms with Crippen LogP contribution in [0.5, 0.6) is 0 Å². The van der Waals surface area contributed by atoms with Crippen molar-refractivity contribution in [1.29, 1.82) is 0 Å². The Hall–Kier alpha value is -2.61. The number of fused-ring (bicyclic) bond motifs is 1. The molecule has 0 radical (unpaired) electrons. The van der Waals surface area contributed by atoms with Crippen molar-refractivity contribution in [3.8, 4) is 5.69 Å². The maximum Gasteiger partial charge on any atom is 0.262 e. The highest BCUT2D eigenvalue weighted by Gasteiger charge is 2.21. The van der Waals surface area contributed by atoms with Gasteiger partial charge in [-0.1, -0.05) is 30.0 Å². The lowest BCUT2D eigenvalue weighted by Gasteiger charge is -2.22. The fourth-order valence-corrected chi connectivity index (χ4v) is 3.20. The number of H-pyrrole nitrogens is 1. The number of nitrogens with zero attached hydrogens (tertiary/aromatic N) is 3. The number of aromatic amines is 1. The van der Waals surface area contributed by atoms with Gasteiger partial charge in [-0.05, 0) is 39.8 Å². The van der Waals surface area contributed by atoms with Crippen molar-refractivity contribution in [3.05, 3.63) is 46.9 Å². The summed E-state index contributed by atoms with van der Waals surface area (Å²) in [5.41, 5.74) is 0.687. The zero-order valence-corrected chi connectivity index (χ0v) is 15.9. The van der Waals surface area contributed by atoms with Gasteiger partial charge in [0.05, 0.1) is 17.1 Å². The van der Waals surface area contributed by atoms with Gasteiger partial charge in [-0.25, -0.2) is 9.67 Å². The normalized spacial score (nSPS) is 12.9. The molecular formula is C18H21N5O2S. The summed E-state index contributed by atoms with van der Waals surface area (Å²) in [6.45, 7) is 7.55. The monoisotopic (exact) mass is 371 g/mol. The summed E-state index contributed by atoms with van der Waals surface area (Å²) in [4.78, 5) is 31.9. The lowest BCUT2D eigenvalue weighted by atomic mass is 10.1. The van der Waals surface area contributed by atoms with E-state index in [0.717, 1.165) is 5.69 Å². The Bertz CT molecular complexity index is 988. The largest absolute Gasteiger partial charge is 0.351 e. The van der Waals surface area contributed by atoms with E-state index in [2.05, 4.69) is 20.4 Å². The zero-order chi connectivity index (χ0) is 18.9. The molecule has 0 bridgehead atoms. The number of hydrogen-bond donors (Lipinski definition) is 2. The maximum absolute atomic E-state index is 12.4. The van der Waals surface area contributed by atoms with Gasteiger partial charge >= 0.3 is 0 Å². The van der Waals surface area contributed by atoms with Crippen LogP contribution in [-0.4, -0.2) is 36.4 Å². The quantitative estimate of drug-likeness (QED) is 0.543. The Morgan fingerprint density at radius 2 is 1.96 bits per heavy atom. The molecule has 1 amide bonds. The third-order valence-corrected chi connectivity index (χ3v) is 4.56. The van der Waals surface area contributed by atoms with Crippen LogP contribution in [0.3, 0.4) is 0 Å². The number of amides is 1. The van der Waals surface area contributed by atoms with Crippen molar-refractivity contribution in [2.75, 3.05) is 0 Å². The Morgan fingerprint density at radius 3 is 2.62 bits per heavy atom. The topological polar surface area (TPSA) is 92.7 Å². The van der Waals surface area contributed by atoms with E-state index in [1.54, 1.807) is 11.6 Å². The van der Waals surface area contributed by atoms with E-state index in [1.165, 1.54) is 18.0 Å². The number of para-hydroxylation sites is 1. The molecule has 3 aromatic rings. The van der Waals surface area contributed by atoms with Crippen molar-refractivity contribution in [3.63, 3.8) is 0 Å². The van der Waals surface area contributed by atoms with Gasteiger partial charge in [-0.15, -0.1) is 0 Å². The number of aromatic nitrogens is 4. The van der Waals surface area contributed by atoms with Gasteiger partial charge < -0.3 is 10.3 Å². The minimum Gasteiger partial charge on any atom is -0.351 e. The van der Waals surface area contributed by atoms with E-state index in [-0.39, 0.29) is 17.0 Å². The molecule has 0 aliphatic heterocycles. The smallest absolute Gasteiger partial charge is 0.262 e. The lowest BCUT2D eigenvalue weighted by Crippen LogP contribution is -2.44. The van der Waals surface area contributed by atoms with Crippen molar-refractivity contribution < 1.29 is 4.79 Å². The van der Waals surface area contributed by atoms with E-state index < -0.39 is 5.25 Å². The summed E-state index contributed by atoms with van der Waals surface area (Å²) in [6, 6.07) is 9.48. The van der Waals surface area contributed by atoms with Crippen molar-refractivity contribution in [2.45, 2.75) is 43.6 Å². The number of hydrogen-bond acceptors (Lipinski definition) is 5. The predicted molar refractivity (Wildman–Crippen MR) is 103 cm³/mol. The van der Waals surface area contributed by atoms with Gasteiger partial charge in [0.2, 0.25) is 5.91 Å². The molecule has 7 nitrogen and oxygen atoms in total. The molecule has 0 aliphatic rings. The van der Waals surface area contributed by atoms with Crippen LogP contribution >= 0.6 is 11.8 Å². The van der Waals surface area contributed by atoms with Gasteiger partial charge in [0.25, 0.3) is 5.56 Å². The average molecular weight is 371 g/mol. The summed E-state index contributed by atoms with van der Waals surface area (Å²) >= 11 is 1.21. The maximum atomic E-state index is 12.4. The van der Waals surface area contributed by atoms with Crippen LogP contribution < -0.4 is 10.9 Å². The SMILES string of the molecule is CC(Sc1nc2c(cnn2-c2ccccc2)c(=O)[nH]1)C(=O)NC(C)(C)C. The van der Waals surface area contributed by atoms with Crippen LogP contribution in [0.2, 0.25) is 0 Å². The minimum atomic E-state index is -0.400. The van der Waals surface area contributed by atoms with Gasteiger partial charge in [0.15, 0.2) is 10.8 Å². The molecule has 1 aromatic carbocycles. The highest BCUT2D eigenvalue weighted by molar-refractivity contribution is 8.00. The van der Waals surface area contributed by atoms with Crippen LogP contribution in [0.1, 0.15) is 27.7 Å². The average Bonchev–Trinajstić information content (AvgIpc) is 2.98. The predicted octanol–water partition coefficient (Wildman–Crippen LogP) is 2.50. The molecule has 136 valence electrons. The number of carbonyl (C=O) groups is 1. The molecule has 0 saturated heterocycles. The Morgan fingerprint density at radius 1 is 1.27 bits per heavy atom. The lowest BCUT2D eigenvalue weighted by molar-refractivity contribution is -0.121. The van der Waals surface area contributed by atoms with Crippen LogP contribution in [0.15, 0.2) is 46.5 Å². The highest BCUT2D eigenvalue weighted by Crippen LogP contribution is 2.22. The molecule has 3 rings (SSSR count). The highest BCUT2D eigenvalue weighted by atomic mass is 32.2. The number of nitrogens with one attached hydrogen (secondary N) is 2. The third kappa shape index (κ3) is 3.96. The first kappa shape index (κ1) is 18.2. The van der Waals surface area contributed by atoms with E-state index in [1.807, 2.05) is 51.1 Å². The number of carbonyl (C=O) groups excluding carboxylic acids is 1. The molecule has 8 heteroatoms. The standard InChI is InChI=1S/C18H21N5O2S/c1-11(15(24)22-18(2,3)4)26-17-20-14-13(16(25)21-17)10-19-23(14)12-8-6-5-7-9-12/h5-11H,1-4H3,(H,22,24)(H,20,21,25). The number of benzene rings is 1. The van der Waals surface area contributed by atoms with E-state index in [0.29, 0.717) is 16.2 Å². The number of rotatable bonds is 4. The minimum absolute atomic E-state index is 0.109. The van der Waals surface area contributed by atoms with E-state index in [9.17, 15) is 9.59 Å². The second-order valence-electron chi connectivity index (χ2n) is 7.00. The molecular weight excluding hydrogens is 350 g/mol. The molecule has 0 aliphatic carbocycles. The molecule has 1 unspecified atom stereocenters. The Balaban J connectivity index is 1.93. The molecule has 0 fully saturated rings. The van der Waals surface area contributed by atoms with Gasteiger partial charge in [-0.2, -0.15) is 5.10 Å². The van der Waals surface area contributed by atoms with Gasteiger partial charge in [-0.3, -0.25) is 9.59 Å². The summed E-state index contributed by atoms with van der Waals surface area (Å²) in [5.74, 6) is -0.109. The van der Waals surface area contributed by atoms with Crippen LogP contribution in [0.25, 0.3) is 16.7 Å². The van der Waals surface area contributed by atoms with Crippen LogP contribution in [0, 0.1) is 0 Å². The van der Waals surface area contributed by atoms with E-state index >= 15 is 0 Å². The fraction of sp³-hybridized carbons (Fsp3) is 0.333. The summed E-state index contributed by atoms with van der Waals surface area (Å²) in [6.07, 6.45) is 1.50. The molecule has 2 aromatic heterocycles. The van der Waals surface area contributed by atoms with Crippen LogP contribution in [0.4, 0.5) is 0 Å². The van der Waals surface area contributed by atoms with Crippen molar-refractivity contribution in [2.24, 2.45) is 0 Å². The summed E-state index contributed by atoms with van der Waals surface area (Å²) in [7, 11) is 0. The molecule has 0 spiro atoms. The summed E-state index contributed by atoms with van der Waals surface area (Å²) in [5, 5.41) is 7.60. The van der Waals surface area contributed by atoms with E-state index in [4.69, 9.17) is 0 Å². The van der Waals surface area contributed by atoms with Crippen molar-refractivity contribution in [1.82, 2.24) is 25.1 Å². The van der Waals surface area contributed by atoms with Crippen LogP contribution in [-0.2, 0) is 4.79 Å². The Labute approximate surface area is 155 Å². The van der Waals surface area contributed by atoms with Gasteiger partial charge in [0.1, 0.15) is 5.39 Å². The molecule has 2 N–H and O–H groups in total. The molecule has 26 heavy (non-hydrogen) atoms. The zero-order valence-electron chi connectivity index (χ0n) is 15.1. The molecule has 1 atom stereocenters. The first-order valence-corrected chi connectivity index (χ1v) is 9.15. The fourth-order valence-electron chi connectivity index (χ4n) is 2.40. The first-order chi connectivity index (χ1) is 12.2. The molecule has 2 heterocycles. The Kier molecular flexibility index (Phi) is 4.86. The second kappa shape index (κ2) is 6.95. The van der Waals surface area contributed by atoms with Crippen molar-refractivity contribution >= 4 is 28.7 Å². The third-order valence-electron chi connectivity index (χ3n) is 3.57. The second-order valence-corrected chi connectivity index (χ2v) is 8.33. The summed E-state index contributed by atoms with van der Waals surface area (Å²) < 4.78 is 1.62. The molecule has 0 saturated carbocycles. The van der Waals surface area contributed by atoms with Gasteiger partial charge in [0, 0.05) is 5.54 Å². The number of thioether (sulfide) groups is 1.